The van der Waals surface area contributed by atoms with Crippen LogP contribution in [0.5, 0.6) is 5.75 Å². The maximum absolute atomic E-state index is 13.5. The fraction of sp³-hybridized carbons (Fsp3) is 0.214. The van der Waals surface area contributed by atoms with E-state index >= 15 is 0 Å². The number of halogens is 1. The molecule has 0 unspecified atom stereocenters. The summed E-state index contributed by atoms with van der Waals surface area (Å²) in [6, 6.07) is 14.0. The molecule has 1 N–H and O–H groups in total. The molecule has 0 spiro atoms. The number of urea groups is 1. The Kier molecular flexibility index (Phi) is 9.82. The lowest BCUT2D eigenvalue weighted by Crippen LogP contribution is -2.40. The molecule has 2 aromatic carbocycles. The summed E-state index contributed by atoms with van der Waals surface area (Å²) in [5, 5.41) is 9.38. The number of pyridine rings is 1. The molecule has 1 aromatic heterocycles. The lowest BCUT2D eigenvalue weighted by Gasteiger charge is -2.21. The molecule has 3 rings (SSSR count). The van der Waals surface area contributed by atoms with Crippen LogP contribution in [0.1, 0.15) is 21.5 Å². The van der Waals surface area contributed by atoms with E-state index in [0.717, 1.165) is 23.6 Å². The number of anilines is 2. The smallest absolute Gasteiger partial charge is 0.334 e. The number of nitrogens with zero attached hydrogens (tertiary/aromatic N) is 5. The molecule has 9 nitrogen and oxygen atoms in total. The number of aromatic nitrogens is 1. The summed E-state index contributed by atoms with van der Waals surface area (Å²) < 4.78 is 5.26. The van der Waals surface area contributed by atoms with Gasteiger partial charge in [0.25, 0.3) is 5.91 Å². The maximum Gasteiger partial charge on any atom is 0.334 e. The summed E-state index contributed by atoms with van der Waals surface area (Å²) in [6.07, 6.45) is 8.63. The van der Waals surface area contributed by atoms with Crippen molar-refractivity contribution in [2.75, 3.05) is 51.6 Å². The van der Waals surface area contributed by atoms with Crippen molar-refractivity contribution < 1.29 is 14.3 Å². The molecule has 0 fully saturated rings. The highest BCUT2D eigenvalue weighted by atomic mass is 35.5. The van der Waals surface area contributed by atoms with Crippen LogP contribution in [0, 0.1) is 12.3 Å². The minimum Gasteiger partial charge on any atom is -0.497 e. The standard InChI is InChI=1S/C28H29ClN6O3/c1-6-20-15-22(17-25(16-20)38-5)27(36)35(26-12-9-23(29)19-30-26)28(37)32-24-10-7-21(8-11-24)18-31-34(4)14-13-33(2)3/h1,7-12,15-19H,13-14H2,2-5H3,(H,32,37). The number of carbonyl (C=O) groups is 2. The van der Waals surface area contributed by atoms with Crippen LogP contribution in [0.25, 0.3) is 0 Å². The van der Waals surface area contributed by atoms with Gasteiger partial charge in [0.1, 0.15) is 11.6 Å². The molecule has 0 aliphatic heterocycles. The second-order valence-corrected chi connectivity index (χ2v) is 8.99. The fourth-order valence-electron chi connectivity index (χ4n) is 3.25. The van der Waals surface area contributed by atoms with Crippen LogP contribution >= 0.6 is 11.6 Å². The molecular weight excluding hydrogens is 504 g/mol. The minimum absolute atomic E-state index is 0.0893. The number of hydrogen-bond acceptors (Lipinski definition) is 7. The van der Waals surface area contributed by atoms with E-state index in [1.54, 1.807) is 30.5 Å². The number of benzene rings is 2. The first kappa shape index (κ1) is 28.2. The molecule has 0 aliphatic carbocycles. The molecule has 0 radical (unpaired) electrons. The van der Waals surface area contributed by atoms with Gasteiger partial charge in [-0.2, -0.15) is 5.10 Å². The molecule has 10 heteroatoms. The van der Waals surface area contributed by atoms with Gasteiger partial charge in [0.2, 0.25) is 0 Å². The highest BCUT2D eigenvalue weighted by Gasteiger charge is 2.27. The number of methoxy groups -OCH3 is 1. The zero-order valence-corrected chi connectivity index (χ0v) is 22.4. The second kappa shape index (κ2) is 13.2. The number of carbonyl (C=O) groups excluding carboxylic acids is 2. The molecular formula is C28H29ClN6O3. The van der Waals surface area contributed by atoms with Crippen molar-refractivity contribution in [1.82, 2.24) is 14.9 Å². The number of terminal acetylenes is 1. The Hall–Kier alpha value is -4.39. The Morgan fingerprint density at radius 1 is 1.11 bits per heavy atom. The molecule has 0 atom stereocenters. The molecule has 1 heterocycles. The Morgan fingerprint density at radius 3 is 2.45 bits per heavy atom. The van der Waals surface area contributed by atoms with Crippen LogP contribution < -0.4 is 15.0 Å². The molecule has 3 aromatic rings. The third-order valence-electron chi connectivity index (χ3n) is 5.34. The fourth-order valence-corrected chi connectivity index (χ4v) is 3.36. The number of hydrazone groups is 1. The topological polar surface area (TPSA) is 90.4 Å². The molecule has 3 amide bonds. The molecule has 0 saturated carbocycles. The van der Waals surface area contributed by atoms with Crippen molar-refractivity contribution in [3.8, 4) is 18.1 Å². The van der Waals surface area contributed by atoms with E-state index in [0.29, 0.717) is 22.0 Å². The average Bonchev–Trinajstić information content (AvgIpc) is 2.92. The van der Waals surface area contributed by atoms with Crippen molar-refractivity contribution >= 4 is 41.3 Å². The van der Waals surface area contributed by atoms with Crippen molar-refractivity contribution in [3.63, 3.8) is 0 Å². The lowest BCUT2D eigenvalue weighted by molar-refractivity contribution is 0.0994. The number of ether oxygens (including phenoxy) is 1. The number of likely N-dealkylation sites (N-methyl/N-ethyl adjacent to an activating group) is 2. The van der Waals surface area contributed by atoms with E-state index in [9.17, 15) is 9.59 Å². The first-order valence-electron chi connectivity index (χ1n) is 11.6. The van der Waals surface area contributed by atoms with Crippen molar-refractivity contribution in [1.29, 1.82) is 0 Å². The van der Waals surface area contributed by atoms with Gasteiger partial charge in [-0.05, 0) is 62.1 Å². The third kappa shape index (κ3) is 7.80. The Balaban J connectivity index is 1.82. The van der Waals surface area contributed by atoms with E-state index in [1.165, 1.54) is 31.5 Å². The van der Waals surface area contributed by atoms with Crippen LogP contribution in [0.15, 0.2) is 65.9 Å². The normalized spacial score (nSPS) is 10.8. The van der Waals surface area contributed by atoms with Crippen molar-refractivity contribution in [2.45, 2.75) is 0 Å². The predicted octanol–water partition coefficient (Wildman–Crippen LogP) is 4.43. The van der Waals surface area contributed by atoms with Gasteiger partial charge in [0.05, 0.1) is 18.3 Å². The summed E-state index contributed by atoms with van der Waals surface area (Å²) >= 11 is 5.97. The molecule has 0 aliphatic rings. The Labute approximate surface area is 227 Å². The lowest BCUT2D eigenvalue weighted by atomic mass is 10.1. The van der Waals surface area contributed by atoms with Gasteiger partial charge in [-0.15, -0.1) is 6.42 Å². The summed E-state index contributed by atoms with van der Waals surface area (Å²) in [7, 11) is 7.38. The molecule has 38 heavy (non-hydrogen) atoms. The highest BCUT2D eigenvalue weighted by Crippen LogP contribution is 2.23. The summed E-state index contributed by atoms with van der Waals surface area (Å²) in [5.41, 5.74) is 1.93. The van der Waals surface area contributed by atoms with Crippen LogP contribution in [0.3, 0.4) is 0 Å². The van der Waals surface area contributed by atoms with Crippen LogP contribution in [0.2, 0.25) is 5.02 Å². The highest BCUT2D eigenvalue weighted by molar-refractivity contribution is 6.30. The van der Waals surface area contributed by atoms with Gasteiger partial charge in [-0.25, -0.2) is 14.7 Å². The monoisotopic (exact) mass is 532 g/mol. The van der Waals surface area contributed by atoms with Crippen molar-refractivity contribution in [2.24, 2.45) is 5.10 Å². The molecule has 0 bridgehead atoms. The second-order valence-electron chi connectivity index (χ2n) is 8.55. The Bertz CT molecular complexity index is 1330. The van der Waals surface area contributed by atoms with Crippen LogP contribution in [-0.2, 0) is 0 Å². The van der Waals surface area contributed by atoms with Gasteiger partial charge in [0.15, 0.2) is 0 Å². The van der Waals surface area contributed by atoms with Crippen LogP contribution in [0.4, 0.5) is 16.3 Å². The number of amides is 3. The molecule has 0 saturated heterocycles. The van der Waals surface area contributed by atoms with Crippen LogP contribution in [-0.4, -0.2) is 74.4 Å². The van der Waals surface area contributed by atoms with E-state index in [2.05, 4.69) is 26.2 Å². The number of imide groups is 1. The predicted molar refractivity (Wildman–Crippen MR) is 151 cm³/mol. The SMILES string of the molecule is C#Cc1cc(OC)cc(C(=O)N(C(=O)Nc2ccc(C=NN(C)CCN(C)C)cc2)c2ccc(Cl)cn2)c1. The van der Waals surface area contributed by atoms with Gasteiger partial charge in [-0.1, -0.05) is 29.7 Å². The number of hydrogen-bond donors (Lipinski definition) is 1. The quantitative estimate of drug-likeness (QED) is 0.249. The number of rotatable bonds is 9. The minimum atomic E-state index is -0.709. The van der Waals surface area contributed by atoms with E-state index < -0.39 is 11.9 Å². The van der Waals surface area contributed by atoms with Crippen molar-refractivity contribution in [3.05, 3.63) is 82.5 Å². The summed E-state index contributed by atoms with van der Waals surface area (Å²) in [5.74, 6) is 2.32. The molecule has 196 valence electrons. The van der Waals surface area contributed by atoms with Gasteiger partial charge in [-0.3, -0.25) is 9.80 Å². The largest absolute Gasteiger partial charge is 0.497 e. The first-order valence-corrected chi connectivity index (χ1v) is 12.0. The zero-order chi connectivity index (χ0) is 27.7. The van der Waals surface area contributed by atoms with E-state index in [1.807, 2.05) is 38.3 Å². The average molecular weight is 533 g/mol. The zero-order valence-electron chi connectivity index (χ0n) is 21.7. The van der Waals surface area contributed by atoms with Gasteiger partial charge >= 0.3 is 6.03 Å². The van der Waals surface area contributed by atoms with E-state index in [4.69, 9.17) is 22.8 Å². The summed E-state index contributed by atoms with van der Waals surface area (Å²) in [4.78, 5) is 34.1. The summed E-state index contributed by atoms with van der Waals surface area (Å²) in [6.45, 7) is 1.67. The van der Waals surface area contributed by atoms with Gasteiger partial charge in [0, 0.05) is 43.1 Å². The van der Waals surface area contributed by atoms with Gasteiger partial charge < -0.3 is 15.0 Å². The Morgan fingerprint density at radius 2 is 1.84 bits per heavy atom. The van der Waals surface area contributed by atoms with E-state index in [-0.39, 0.29) is 11.4 Å². The third-order valence-corrected chi connectivity index (χ3v) is 5.56. The first-order chi connectivity index (χ1) is 18.2. The number of nitrogens with one attached hydrogen (secondary N) is 1. The maximum atomic E-state index is 13.5.